The summed E-state index contributed by atoms with van der Waals surface area (Å²) in [5.41, 5.74) is 4.25. The van der Waals surface area contributed by atoms with E-state index in [2.05, 4.69) is 44.3 Å². The molecule has 0 amide bonds. The maximum Gasteiger partial charge on any atom is 0.0462 e. The number of aryl methyl sites for hydroxylation is 2. The van der Waals surface area contributed by atoms with Crippen LogP contribution in [0.3, 0.4) is 0 Å². The number of nitrogens with one attached hydrogen (secondary N) is 1. The SMILES string of the molecule is CCCNC(CCCOC)c1c(C)cccc1C. The van der Waals surface area contributed by atoms with E-state index in [0.29, 0.717) is 6.04 Å². The van der Waals surface area contributed by atoms with Gasteiger partial charge in [0.25, 0.3) is 0 Å². The number of hydrogen-bond donors (Lipinski definition) is 1. The average molecular weight is 249 g/mol. The monoisotopic (exact) mass is 249 g/mol. The molecule has 1 aromatic carbocycles. The molecule has 0 fully saturated rings. The Morgan fingerprint density at radius 2 is 1.89 bits per heavy atom. The second kappa shape index (κ2) is 8.28. The Morgan fingerprint density at radius 3 is 2.44 bits per heavy atom. The van der Waals surface area contributed by atoms with Gasteiger partial charge in [-0.05, 0) is 56.3 Å². The van der Waals surface area contributed by atoms with Crippen LogP contribution in [-0.2, 0) is 4.74 Å². The van der Waals surface area contributed by atoms with Crippen molar-refractivity contribution in [3.63, 3.8) is 0 Å². The van der Waals surface area contributed by atoms with E-state index in [1.807, 2.05) is 0 Å². The molecule has 1 atom stereocenters. The molecule has 2 nitrogen and oxygen atoms in total. The molecular formula is C16H27NO. The summed E-state index contributed by atoms with van der Waals surface area (Å²) in [6.45, 7) is 8.54. The first kappa shape index (κ1) is 15.2. The third-order valence-electron chi connectivity index (χ3n) is 3.37. The standard InChI is InChI=1S/C16H27NO/c1-5-11-17-15(10-7-12-18-4)16-13(2)8-6-9-14(16)3/h6,8-9,15,17H,5,7,10-12H2,1-4H3. The van der Waals surface area contributed by atoms with Crippen LogP contribution in [0.25, 0.3) is 0 Å². The van der Waals surface area contributed by atoms with Gasteiger partial charge in [-0.15, -0.1) is 0 Å². The maximum absolute atomic E-state index is 5.17. The minimum atomic E-state index is 0.460. The maximum atomic E-state index is 5.17. The van der Waals surface area contributed by atoms with Gasteiger partial charge in [0.05, 0.1) is 0 Å². The van der Waals surface area contributed by atoms with Crippen LogP contribution in [0.4, 0.5) is 0 Å². The smallest absolute Gasteiger partial charge is 0.0462 e. The molecule has 0 radical (unpaired) electrons. The van der Waals surface area contributed by atoms with Gasteiger partial charge in [0.1, 0.15) is 0 Å². The first-order valence-electron chi connectivity index (χ1n) is 6.99. The number of rotatable bonds is 8. The number of ether oxygens (including phenoxy) is 1. The van der Waals surface area contributed by atoms with Crippen molar-refractivity contribution >= 4 is 0 Å². The molecule has 1 unspecified atom stereocenters. The van der Waals surface area contributed by atoms with E-state index < -0.39 is 0 Å². The van der Waals surface area contributed by atoms with E-state index in [4.69, 9.17) is 4.74 Å². The molecule has 0 aliphatic carbocycles. The predicted molar refractivity (Wildman–Crippen MR) is 78.1 cm³/mol. The zero-order valence-corrected chi connectivity index (χ0v) is 12.3. The van der Waals surface area contributed by atoms with Gasteiger partial charge in [0.15, 0.2) is 0 Å². The van der Waals surface area contributed by atoms with Gasteiger partial charge < -0.3 is 10.1 Å². The highest BCUT2D eigenvalue weighted by atomic mass is 16.5. The van der Waals surface area contributed by atoms with Crippen LogP contribution in [0.1, 0.15) is 48.9 Å². The van der Waals surface area contributed by atoms with Gasteiger partial charge >= 0.3 is 0 Å². The molecule has 18 heavy (non-hydrogen) atoms. The van der Waals surface area contributed by atoms with E-state index >= 15 is 0 Å². The fraction of sp³-hybridized carbons (Fsp3) is 0.625. The molecule has 1 rings (SSSR count). The molecular weight excluding hydrogens is 222 g/mol. The minimum Gasteiger partial charge on any atom is -0.385 e. The van der Waals surface area contributed by atoms with Crippen molar-refractivity contribution in [3.05, 3.63) is 34.9 Å². The van der Waals surface area contributed by atoms with Crippen LogP contribution in [0.2, 0.25) is 0 Å². The molecule has 0 aromatic heterocycles. The summed E-state index contributed by atoms with van der Waals surface area (Å²) in [4.78, 5) is 0. The number of hydrogen-bond acceptors (Lipinski definition) is 2. The van der Waals surface area contributed by atoms with Gasteiger partial charge in [0.2, 0.25) is 0 Å². The van der Waals surface area contributed by atoms with Gasteiger partial charge in [0, 0.05) is 19.8 Å². The molecule has 1 aromatic rings. The van der Waals surface area contributed by atoms with E-state index in [9.17, 15) is 0 Å². The molecule has 2 heteroatoms. The average Bonchev–Trinajstić information content (AvgIpc) is 2.35. The molecule has 0 spiro atoms. The molecule has 0 aliphatic heterocycles. The van der Waals surface area contributed by atoms with Crippen molar-refractivity contribution in [1.29, 1.82) is 0 Å². The Labute approximate surface area is 112 Å². The van der Waals surface area contributed by atoms with E-state index in [1.165, 1.54) is 23.1 Å². The third-order valence-corrected chi connectivity index (χ3v) is 3.37. The summed E-state index contributed by atoms with van der Waals surface area (Å²) < 4.78 is 5.17. The lowest BCUT2D eigenvalue weighted by atomic mass is 9.93. The Hall–Kier alpha value is -0.860. The van der Waals surface area contributed by atoms with E-state index in [0.717, 1.165) is 26.0 Å². The lowest BCUT2D eigenvalue weighted by molar-refractivity contribution is 0.188. The largest absolute Gasteiger partial charge is 0.385 e. The van der Waals surface area contributed by atoms with Crippen LogP contribution in [-0.4, -0.2) is 20.3 Å². The summed E-state index contributed by atoms with van der Waals surface area (Å²) in [7, 11) is 1.77. The van der Waals surface area contributed by atoms with Crippen molar-refractivity contribution < 1.29 is 4.74 Å². The fourth-order valence-electron chi connectivity index (χ4n) is 2.48. The van der Waals surface area contributed by atoms with Crippen LogP contribution in [0.5, 0.6) is 0 Å². The second-order valence-electron chi connectivity index (χ2n) is 4.95. The second-order valence-corrected chi connectivity index (χ2v) is 4.95. The Morgan fingerprint density at radius 1 is 1.22 bits per heavy atom. The van der Waals surface area contributed by atoms with Gasteiger partial charge in [-0.25, -0.2) is 0 Å². The first-order valence-corrected chi connectivity index (χ1v) is 6.99. The lowest BCUT2D eigenvalue weighted by Gasteiger charge is -2.23. The molecule has 0 saturated carbocycles. The van der Waals surface area contributed by atoms with Crippen LogP contribution < -0.4 is 5.32 Å². The van der Waals surface area contributed by atoms with Gasteiger partial charge in [-0.3, -0.25) is 0 Å². The fourth-order valence-corrected chi connectivity index (χ4v) is 2.48. The zero-order chi connectivity index (χ0) is 13.4. The normalized spacial score (nSPS) is 12.7. The summed E-state index contributed by atoms with van der Waals surface area (Å²) >= 11 is 0. The number of benzene rings is 1. The zero-order valence-electron chi connectivity index (χ0n) is 12.3. The predicted octanol–water partition coefficient (Wildman–Crippen LogP) is 3.77. The van der Waals surface area contributed by atoms with Gasteiger partial charge in [-0.2, -0.15) is 0 Å². The molecule has 0 bridgehead atoms. The summed E-state index contributed by atoms with van der Waals surface area (Å²) in [6, 6.07) is 7.01. The summed E-state index contributed by atoms with van der Waals surface area (Å²) in [6.07, 6.45) is 3.41. The van der Waals surface area contributed by atoms with Crippen molar-refractivity contribution in [2.75, 3.05) is 20.3 Å². The van der Waals surface area contributed by atoms with Crippen molar-refractivity contribution in [3.8, 4) is 0 Å². The molecule has 102 valence electrons. The Bertz CT molecular complexity index is 329. The molecule has 1 N–H and O–H groups in total. The highest BCUT2D eigenvalue weighted by molar-refractivity contribution is 5.36. The van der Waals surface area contributed by atoms with Crippen LogP contribution >= 0.6 is 0 Å². The quantitative estimate of drug-likeness (QED) is 0.708. The summed E-state index contributed by atoms with van der Waals surface area (Å²) in [5, 5.41) is 3.67. The highest BCUT2D eigenvalue weighted by Crippen LogP contribution is 2.25. The Kier molecular flexibility index (Phi) is 6.99. The van der Waals surface area contributed by atoms with Crippen molar-refractivity contribution in [1.82, 2.24) is 5.32 Å². The van der Waals surface area contributed by atoms with E-state index in [1.54, 1.807) is 7.11 Å². The number of methoxy groups -OCH3 is 1. The molecule has 0 saturated heterocycles. The van der Waals surface area contributed by atoms with Gasteiger partial charge in [-0.1, -0.05) is 25.1 Å². The molecule has 0 aliphatic rings. The third kappa shape index (κ3) is 4.43. The molecule has 0 heterocycles. The van der Waals surface area contributed by atoms with Crippen LogP contribution in [0.15, 0.2) is 18.2 Å². The first-order chi connectivity index (χ1) is 8.70. The Balaban J connectivity index is 2.79. The van der Waals surface area contributed by atoms with Crippen molar-refractivity contribution in [2.45, 2.75) is 46.1 Å². The van der Waals surface area contributed by atoms with Crippen LogP contribution in [0, 0.1) is 13.8 Å². The lowest BCUT2D eigenvalue weighted by Crippen LogP contribution is -2.24. The van der Waals surface area contributed by atoms with E-state index in [-0.39, 0.29) is 0 Å². The topological polar surface area (TPSA) is 21.3 Å². The van der Waals surface area contributed by atoms with Crippen molar-refractivity contribution in [2.24, 2.45) is 0 Å². The highest BCUT2D eigenvalue weighted by Gasteiger charge is 2.14. The minimum absolute atomic E-state index is 0.460. The summed E-state index contributed by atoms with van der Waals surface area (Å²) in [5.74, 6) is 0.